The van der Waals surface area contributed by atoms with Crippen molar-refractivity contribution in [2.45, 2.75) is 0 Å². The van der Waals surface area contributed by atoms with Crippen LogP contribution in [-0.4, -0.2) is 101 Å². The van der Waals surface area contributed by atoms with Gasteiger partial charge in [-0.2, -0.15) is 0 Å². The normalized spacial score (nSPS) is 16.2. The summed E-state index contributed by atoms with van der Waals surface area (Å²) in [7, 11) is 1.87. The number of nitrogens with zero attached hydrogens (tertiary/aromatic N) is 4. The summed E-state index contributed by atoms with van der Waals surface area (Å²) < 4.78 is 0.189. The van der Waals surface area contributed by atoms with Crippen molar-refractivity contribution in [3.05, 3.63) is 106 Å². The van der Waals surface area contributed by atoms with Crippen molar-refractivity contribution in [1.82, 2.24) is 14.7 Å². The lowest BCUT2D eigenvalue weighted by Gasteiger charge is -2.37. The van der Waals surface area contributed by atoms with E-state index in [9.17, 15) is 28.8 Å². The number of hydrogen-bond donors (Lipinski definition) is 0. The lowest BCUT2D eigenvalue weighted by molar-refractivity contribution is -0.907. The molecule has 0 atom stereocenters. The number of amides is 6. The average molecular weight is 552 g/mol. The molecule has 0 N–H and O–H groups in total. The summed E-state index contributed by atoms with van der Waals surface area (Å²) in [5, 5.41) is 0. The molecule has 0 radical (unpaired) electrons. The van der Waals surface area contributed by atoms with Crippen molar-refractivity contribution in [2.75, 3.05) is 46.3 Å². The Balaban J connectivity index is 1.20. The van der Waals surface area contributed by atoms with Crippen LogP contribution in [0.5, 0.6) is 0 Å². The van der Waals surface area contributed by atoms with E-state index in [1.165, 1.54) is 14.7 Å². The summed E-state index contributed by atoms with van der Waals surface area (Å²) in [5.41, 5.74) is 2.10. The zero-order valence-electron chi connectivity index (χ0n) is 22.4. The molecule has 3 aliphatic heterocycles. The van der Waals surface area contributed by atoms with Crippen LogP contribution in [0.25, 0.3) is 0 Å². The van der Waals surface area contributed by atoms with Crippen molar-refractivity contribution in [2.24, 2.45) is 0 Å². The number of carbonyl (C=O) groups excluding carboxylic acids is 6. The number of fused-ring (bicyclic) bond motifs is 3. The van der Waals surface area contributed by atoms with E-state index in [1.807, 2.05) is 7.05 Å². The van der Waals surface area contributed by atoms with E-state index >= 15 is 0 Å². The molecule has 0 unspecified atom stereocenters. The molecule has 0 aliphatic carbocycles. The van der Waals surface area contributed by atoms with Gasteiger partial charge in [0.2, 0.25) is 0 Å². The van der Waals surface area contributed by atoms with Crippen LogP contribution in [0.15, 0.2) is 72.8 Å². The zero-order valence-corrected chi connectivity index (χ0v) is 22.4. The molecule has 41 heavy (non-hydrogen) atoms. The maximum absolute atomic E-state index is 13.0. The molecule has 6 rings (SSSR count). The topological polar surface area (TPSA) is 112 Å². The minimum atomic E-state index is -0.377. The van der Waals surface area contributed by atoms with Gasteiger partial charge < -0.3 is 4.48 Å². The highest BCUT2D eigenvalue weighted by Gasteiger charge is 2.41. The smallest absolute Gasteiger partial charge is 0.261 e. The summed E-state index contributed by atoms with van der Waals surface area (Å²) in [6.45, 7) is 1.14. The van der Waals surface area contributed by atoms with Crippen molar-refractivity contribution >= 4 is 35.4 Å². The highest BCUT2D eigenvalue weighted by molar-refractivity contribution is 6.22. The van der Waals surface area contributed by atoms with Crippen molar-refractivity contribution in [3.8, 4) is 0 Å². The zero-order chi connectivity index (χ0) is 28.9. The Morgan fingerprint density at radius 1 is 0.415 bits per heavy atom. The molecule has 3 heterocycles. The van der Waals surface area contributed by atoms with Crippen LogP contribution in [0, 0.1) is 0 Å². The number of rotatable bonds is 9. The molecule has 0 aromatic heterocycles. The third-order valence-electron chi connectivity index (χ3n) is 8.22. The van der Waals surface area contributed by atoms with Gasteiger partial charge in [0.25, 0.3) is 35.4 Å². The fourth-order valence-corrected chi connectivity index (χ4v) is 5.69. The Bertz CT molecular complexity index is 1370. The van der Waals surface area contributed by atoms with E-state index in [0.29, 0.717) is 33.4 Å². The Labute approximate surface area is 235 Å². The monoisotopic (exact) mass is 551 g/mol. The summed E-state index contributed by atoms with van der Waals surface area (Å²) in [5.74, 6) is -2.26. The SMILES string of the molecule is C[N+](CCN1C(=O)c2ccccc2C1=O)(CCN1C(=O)c2ccccc2C1=O)CCN1C(=O)c2ccccc2C1=O. The molecule has 0 bridgehead atoms. The fraction of sp³-hybridized carbons (Fsp3) is 0.226. The van der Waals surface area contributed by atoms with Crippen LogP contribution >= 0.6 is 0 Å². The van der Waals surface area contributed by atoms with E-state index in [1.54, 1.807) is 72.8 Å². The molecule has 0 fully saturated rings. The first kappa shape index (κ1) is 26.3. The molecule has 0 spiro atoms. The van der Waals surface area contributed by atoms with Gasteiger partial charge in [-0.3, -0.25) is 43.5 Å². The van der Waals surface area contributed by atoms with Gasteiger partial charge in [-0.05, 0) is 36.4 Å². The van der Waals surface area contributed by atoms with Crippen molar-refractivity contribution in [3.63, 3.8) is 0 Å². The number of quaternary nitrogens is 1. The van der Waals surface area contributed by atoms with Crippen LogP contribution in [-0.2, 0) is 0 Å². The first-order valence-corrected chi connectivity index (χ1v) is 13.4. The van der Waals surface area contributed by atoms with Gasteiger partial charge in [-0.25, -0.2) is 0 Å². The van der Waals surface area contributed by atoms with Crippen LogP contribution in [0.1, 0.15) is 62.1 Å². The largest absolute Gasteiger partial charge is 0.322 e. The average Bonchev–Trinajstić information content (AvgIpc) is 3.49. The number of likely N-dealkylation sites (N-methyl/N-ethyl adjacent to an activating group) is 1. The number of carbonyl (C=O) groups is 6. The molecule has 10 heteroatoms. The van der Waals surface area contributed by atoms with Crippen LogP contribution in [0.2, 0.25) is 0 Å². The Morgan fingerprint density at radius 3 is 0.805 bits per heavy atom. The van der Waals surface area contributed by atoms with Gasteiger partial charge >= 0.3 is 0 Å². The third-order valence-corrected chi connectivity index (χ3v) is 8.22. The second-order valence-electron chi connectivity index (χ2n) is 10.7. The number of benzene rings is 3. The second kappa shape index (κ2) is 9.90. The predicted octanol–water partition coefficient (Wildman–Crippen LogP) is 2.32. The summed E-state index contributed by atoms with van der Waals surface area (Å²) in [6, 6.07) is 20.0. The summed E-state index contributed by atoms with van der Waals surface area (Å²) >= 11 is 0. The Hall–Kier alpha value is -4.96. The van der Waals surface area contributed by atoms with E-state index in [4.69, 9.17) is 0 Å². The van der Waals surface area contributed by atoms with E-state index in [2.05, 4.69) is 0 Å². The summed E-state index contributed by atoms with van der Waals surface area (Å²) in [4.78, 5) is 81.5. The number of hydrogen-bond acceptors (Lipinski definition) is 6. The van der Waals surface area contributed by atoms with E-state index < -0.39 is 0 Å². The lowest BCUT2D eigenvalue weighted by atomic mass is 10.1. The highest BCUT2D eigenvalue weighted by atomic mass is 16.2. The predicted molar refractivity (Wildman–Crippen MR) is 146 cm³/mol. The second-order valence-corrected chi connectivity index (χ2v) is 10.7. The minimum Gasteiger partial charge on any atom is -0.322 e. The van der Waals surface area contributed by atoms with Gasteiger partial charge in [-0.15, -0.1) is 0 Å². The van der Waals surface area contributed by atoms with Crippen LogP contribution in [0.4, 0.5) is 0 Å². The van der Waals surface area contributed by atoms with E-state index in [0.717, 1.165) is 0 Å². The lowest BCUT2D eigenvalue weighted by Crippen LogP contribution is -2.56. The number of imide groups is 3. The fourth-order valence-electron chi connectivity index (χ4n) is 5.69. The van der Waals surface area contributed by atoms with Crippen LogP contribution in [0.3, 0.4) is 0 Å². The van der Waals surface area contributed by atoms with Crippen LogP contribution < -0.4 is 0 Å². The molecule has 3 aromatic rings. The van der Waals surface area contributed by atoms with Gasteiger partial charge in [0, 0.05) is 0 Å². The Morgan fingerprint density at radius 2 is 0.610 bits per heavy atom. The molecule has 0 saturated carbocycles. The standard InChI is InChI=1S/C31H27N4O6/c1-35(17-14-32-26(36)20-8-2-3-9-21(20)27(32)37,18-15-33-28(38)22-10-4-5-11-23(22)29(33)39)19-16-34-30(40)24-12-6-7-13-25(24)31(34)41/h2-13H,14-19H2,1H3/q+1. The molecule has 0 saturated heterocycles. The van der Waals surface area contributed by atoms with Crippen molar-refractivity contribution < 1.29 is 33.3 Å². The Kier molecular flexibility index (Phi) is 6.34. The van der Waals surface area contributed by atoms with Crippen molar-refractivity contribution in [1.29, 1.82) is 0 Å². The van der Waals surface area contributed by atoms with Gasteiger partial charge in [0.15, 0.2) is 0 Å². The van der Waals surface area contributed by atoms with Gasteiger partial charge in [0.1, 0.15) is 0 Å². The maximum atomic E-state index is 13.0. The van der Waals surface area contributed by atoms with Gasteiger partial charge in [-0.1, -0.05) is 36.4 Å². The van der Waals surface area contributed by atoms with Gasteiger partial charge in [0.05, 0.1) is 79.7 Å². The molecule has 3 aromatic carbocycles. The molecule has 6 amide bonds. The summed E-state index contributed by atoms with van der Waals surface area (Å²) in [6.07, 6.45) is 0. The first-order valence-electron chi connectivity index (χ1n) is 13.4. The third kappa shape index (κ3) is 4.33. The molecular formula is C31H27N4O6+. The molecule has 206 valence electrons. The minimum absolute atomic E-state index is 0.0904. The highest BCUT2D eigenvalue weighted by Crippen LogP contribution is 2.26. The van der Waals surface area contributed by atoms with E-state index in [-0.39, 0.29) is 79.2 Å². The maximum Gasteiger partial charge on any atom is 0.261 e. The molecule has 10 nitrogen and oxygen atoms in total. The quantitative estimate of drug-likeness (QED) is 0.298. The molecule has 3 aliphatic rings. The molecular weight excluding hydrogens is 524 g/mol. The first-order chi connectivity index (χ1) is 19.7.